The maximum absolute atomic E-state index is 13.1. The lowest BCUT2D eigenvalue weighted by Gasteiger charge is -2.32. The molecule has 1 aromatic heterocycles. The van der Waals surface area contributed by atoms with Crippen LogP contribution in [0, 0.1) is 0 Å². The zero-order valence-corrected chi connectivity index (χ0v) is 15.6. The maximum Gasteiger partial charge on any atom is 0.290 e. The van der Waals surface area contributed by atoms with Gasteiger partial charge in [-0.3, -0.25) is 14.5 Å². The Kier molecular flexibility index (Phi) is 4.91. The highest BCUT2D eigenvalue weighted by Gasteiger charge is 2.44. The van der Waals surface area contributed by atoms with Crippen LogP contribution in [0.4, 0.5) is 0 Å². The quantitative estimate of drug-likeness (QED) is 0.816. The molecule has 144 valence electrons. The van der Waals surface area contributed by atoms with Gasteiger partial charge in [-0.1, -0.05) is 18.2 Å². The zero-order valence-electron chi connectivity index (χ0n) is 15.6. The van der Waals surface area contributed by atoms with Gasteiger partial charge in [0.15, 0.2) is 0 Å². The number of carbonyl (C=O) groups excluding carboxylic acids is 1. The van der Waals surface area contributed by atoms with E-state index in [0.29, 0.717) is 0 Å². The summed E-state index contributed by atoms with van der Waals surface area (Å²) in [6.45, 7) is 4.02. The van der Waals surface area contributed by atoms with E-state index in [1.54, 1.807) is 0 Å². The van der Waals surface area contributed by atoms with Gasteiger partial charge in [-0.2, -0.15) is 0 Å². The summed E-state index contributed by atoms with van der Waals surface area (Å²) in [6.07, 6.45) is 7.21. The number of carboxylic acid groups (broad SMARTS) is 1. The Morgan fingerprint density at radius 1 is 1.15 bits per heavy atom. The summed E-state index contributed by atoms with van der Waals surface area (Å²) in [5.74, 6) is 0.134. The van der Waals surface area contributed by atoms with Gasteiger partial charge in [0.1, 0.15) is 0 Å². The topological polar surface area (TPSA) is 74.6 Å². The van der Waals surface area contributed by atoms with Gasteiger partial charge in [0, 0.05) is 35.2 Å². The van der Waals surface area contributed by atoms with Crippen molar-refractivity contribution in [3.63, 3.8) is 0 Å². The predicted octanol–water partition coefficient (Wildman–Crippen LogP) is 2.65. The van der Waals surface area contributed by atoms with Crippen LogP contribution >= 0.6 is 0 Å². The van der Waals surface area contributed by atoms with E-state index in [4.69, 9.17) is 9.90 Å². The lowest BCUT2D eigenvalue weighted by atomic mass is 9.94. The Labute approximate surface area is 159 Å². The number of aryl methyl sites for hydroxylation is 1. The summed E-state index contributed by atoms with van der Waals surface area (Å²) in [6, 6.07) is 8.37. The molecule has 0 saturated carbocycles. The van der Waals surface area contributed by atoms with Gasteiger partial charge >= 0.3 is 0 Å². The lowest BCUT2D eigenvalue weighted by Crippen LogP contribution is -2.48. The van der Waals surface area contributed by atoms with Crippen LogP contribution in [0.1, 0.15) is 48.2 Å². The molecule has 2 saturated heterocycles. The van der Waals surface area contributed by atoms with Gasteiger partial charge < -0.3 is 15.0 Å². The van der Waals surface area contributed by atoms with Crippen molar-refractivity contribution in [2.24, 2.45) is 0 Å². The Balaban J connectivity index is 0.000000565. The van der Waals surface area contributed by atoms with E-state index < -0.39 is 0 Å². The molecule has 1 amide bonds. The maximum atomic E-state index is 13.1. The number of hydrogen-bond acceptors (Lipinski definition) is 3. The lowest BCUT2D eigenvalue weighted by molar-refractivity contribution is -0.122. The zero-order chi connectivity index (χ0) is 18.9. The SMILES string of the molecule is O=C(NCC12CCCN1CCC2)c1c2n(c3ccccc13)CCC2.O=CO. The number of amides is 1. The molecule has 4 heterocycles. The number of carbonyl (C=O) groups is 2. The molecular formula is C21H27N3O3. The monoisotopic (exact) mass is 369 g/mol. The van der Waals surface area contributed by atoms with Crippen molar-refractivity contribution in [3.8, 4) is 0 Å². The van der Waals surface area contributed by atoms with Gasteiger partial charge in [-0.15, -0.1) is 0 Å². The Morgan fingerprint density at radius 2 is 1.85 bits per heavy atom. The second-order valence-corrected chi connectivity index (χ2v) is 7.80. The van der Waals surface area contributed by atoms with Crippen LogP contribution in [0.2, 0.25) is 0 Å². The molecular weight excluding hydrogens is 342 g/mol. The number of nitrogens with one attached hydrogen (secondary N) is 1. The smallest absolute Gasteiger partial charge is 0.290 e. The van der Waals surface area contributed by atoms with Gasteiger partial charge in [-0.25, -0.2) is 0 Å². The Bertz CT molecular complexity index is 848. The highest BCUT2D eigenvalue weighted by molar-refractivity contribution is 6.08. The molecule has 0 spiro atoms. The van der Waals surface area contributed by atoms with Crippen molar-refractivity contribution in [2.75, 3.05) is 19.6 Å². The Morgan fingerprint density at radius 3 is 2.59 bits per heavy atom. The molecule has 0 atom stereocenters. The highest BCUT2D eigenvalue weighted by atomic mass is 16.3. The first-order valence-electron chi connectivity index (χ1n) is 9.91. The molecule has 6 heteroatoms. The average molecular weight is 369 g/mol. The summed E-state index contributed by atoms with van der Waals surface area (Å²) in [4.78, 5) is 24.0. The average Bonchev–Trinajstić information content (AvgIpc) is 3.40. The summed E-state index contributed by atoms with van der Waals surface area (Å²) in [5, 5.41) is 11.3. The molecule has 3 aliphatic heterocycles. The van der Waals surface area contributed by atoms with Crippen LogP contribution in [0.5, 0.6) is 0 Å². The molecule has 0 aliphatic carbocycles. The molecule has 0 unspecified atom stereocenters. The molecule has 2 N–H and O–H groups in total. The van der Waals surface area contributed by atoms with Crippen molar-refractivity contribution >= 4 is 23.3 Å². The van der Waals surface area contributed by atoms with Gasteiger partial charge in [0.25, 0.3) is 12.4 Å². The third-order valence-corrected chi connectivity index (χ3v) is 6.49. The first-order valence-corrected chi connectivity index (χ1v) is 9.91. The molecule has 27 heavy (non-hydrogen) atoms. The molecule has 6 nitrogen and oxygen atoms in total. The molecule has 0 bridgehead atoms. The van der Waals surface area contributed by atoms with Crippen molar-refractivity contribution < 1.29 is 14.7 Å². The summed E-state index contributed by atoms with van der Waals surface area (Å²) < 4.78 is 2.35. The fraction of sp³-hybridized carbons (Fsp3) is 0.524. The van der Waals surface area contributed by atoms with Gasteiger partial charge in [-0.05, 0) is 57.7 Å². The molecule has 2 aromatic rings. The molecule has 0 radical (unpaired) electrons. The minimum atomic E-state index is -0.250. The van der Waals surface area contributed by atoms with Gasteiger partial charge in [0.05, 0.1) is 5.56 Å². The summed E-state index contributed by atoms with van der Waals surface area (Å²) in [7, 11) is 0. The summed E-state index contributed by atoms with van der Waals surface area (Å²) in [5.41, 5.74) is 3.63. The number of hydrogen-bond donors (Lipinski definition) is 2. The van der Waals surface area contributed by atoms with Crippen LogP contribution in [0.3, 0.4) is 0 Å². The van der Waals surface area contributed by atoms with E-state index in [1.807, 2.05) is 6.07 Å². The highest BCUT2D eigenvalue weighted by Crippen LogP contribution is 2.38. The third-order valence-electron chi connectivity index (χ3n) is 6.49. The van der Waals surface area contributed by atoms with Gasteiger partial charge in [0.2, 0.25) is 0 Å². The van der Waals surface area contributed by atoms with Crippen LogP contribution in [-0.2, 0) is 17.8 Å². The van der Waals surface area contributed by atoms with E-state index in [9.17, 15) is 4.79 Å². The van der Waals surface area contributed by atoms with Crippen molar-refractivity contribution in [1.29, 1.82) is 0 Å². The fourth-order valence-electron chi connectivity index (χ4n) is 5.38. The van der Waals surface area contributed by atoms with Crippen LogP contribution < -0.4 is 5.32 Å². The van der Waals surface area contributed by atoms with E-state index in [1.165, 1.54) is 50.0 Å². The molecule has 2 fully saturated rings. The first kappa shape index (κ1) is 18.0. The molecule has 5 rings (SSSR count). The number of aromatic nitrogens is 1. The normalized spacial score (nSPS) is 20.0. The number of rotatable bonds is 3. The number of nitrogens with zero attached hydrogens (tertiary/aromatic N) is 2. The van der Waals surface area contributed by atoms with E-state index in [2.05, 4.69) is 33.0 Å². The van der Waals surface area contributed by atoms with Crippen molar-refractivity contribution in [2.45, 2.75) is 50.6 Å². The molecule has 3 aliphatic rings. The van der Waals surface area contributed by atoms with Crippen LogP contribution in [0.15, 0.2) is 24.3 Å². The van der Waals surface area contributed by atoms with Crippen molar-refractivity contribution in [1.82, 2.24) is 14.8 Å². The van der Waals surface area contributed by atoms with Crippen molar-refractivity contribution in [3.05, 3.63) is 35.5 Å². The second kappa shape index (κ2) is 7.35. The van der Waals surface area contributed by atoms with E-state index in [-0.39, 0.29) is 17.9 Å². The van der Waals surface area contributed by atoms with E-state index >= 15 is 0 Å². The molecule has 1 aromatic carbocycles. The minimum Gasteiger partial charge on any atom is -0.483 e. The number of benzene rings is 1. The van der Waals surface area contributed by atoms with E-state index in [0.717, 1.165) is 36.9 Å². The number of fused-ring (bicyclic) bond motifs is 4. The third kappa shape index (κ3) is 3.02. The van der Waals surface area contributed by atoms with Crippen LogP contribution in [0.25, 0.3) is 10.9 Å². The predicted molar refractivity (Wildman–Crippen MR) is 104 cm³/mol. The second-order valence-electron chi connectivity index (χ2n) is 7.80. The Hall–Kier alpha value is -2.34. The standard InChI is InChI=1S/C20H25N3O.CH2O2/c24-19(21-14-20-9-4-11-22(20)12-5-10-20)18-15-6-1-2-7-16(15)23-13-3-8-17(18)23;2-1-3/h1-2,6-7H,3-5,8-14H2,(H,21,24);1H,(H,2,3). The first-order chi connectivity index (χ1) is 13.2. The largest absolute Gasteiger partial charge is 0.483 e. The fourth-order valence-corrected chi connectivity index (χ4v) is 5.38. The minimum absolute atomic E-state index is 0.134. The van der Waals surface area contributed by atoms with Crippen LogP contribution in [-0.4, -0.2) is 52.1 Å². The number of para-hydroxylation sites is 1. The summed E-state index contributed by atoms with van der Waals surface area (Å²) >= 11 is 0.